The number of nitrogens with zero attached hydrogens (tertiary/aromatic N) is 1. The number of unbranched alkanes of at least 4 members (excludes halogenated alkanes) is 10. The Balaban J connectivity index is 2.05. The molecule has 1 heteroatoms. The first kappa shape index (κ1) is 19.2. The Labute approximate surface area is 139 Å². The van der Waals surface area contributed by atoms with Crippen molar-refractivity contribution in [2.24, 2.45) is 0 Å². The monoisotopic (exact) mass is 304 g/mol. The third kappa shape index (κ3) is 9.23. The highest BCUT2D eigenvalue weighted by Crippen LogP contribution is 2.11. The lowest BCUT2D eigenvalue weighted by Gasteiger charge is -2.04. The molecule has 22 heavy (non-hydrogen) atoms. The molecule has 0 saturated heterocycles. The van der Waals surface area contributed by atoms with Crippen LogP contribution in [0.15, 0.2) is 24.4 Å². The third-order valence-electron chi connectivity index (χ3n) is 4.57. The smallest absolute Gasteiger partial charge is 0.181 e. The molecule has 0 fully saturated rings. The molecule has 1 aromatic heterocycles. The minimum atomic E-state index is 1.18. The molecule has 0 bridgehead atoms. The quantitative estimate of drug-likeness (QED) is 0.283. The summed E-state index contributed by atoms with van der Waals surface area (Å²) in [5.74, 6) is 0. The highest BCUT2D eigenvalue weighted by atomic mass is 14.9. The minimum Gasteiger partial charge on any atom is -0.202 e. The van der Waals surface area contributed by atoms with Gasteiger partial charge in [-0.25, -0.2) is 4.57 Å². The van der Waals surface area contributed by atoms with Gasteiger partial charge in [0.2, 0.25) is 0 Å². The van der Waals surface area contributed by atoms with Gasteiger partial charge in [-0.1, -0.05) is 84.1 Å². The Hall–Kier alpha value is -0.850. The van der Waals surface area contributed by atoms with Gasteiger partial charge in [0.15, 0.2) is 11.9 Å². The first-order valence-electron chi connectivity index (χ1n) is 9.85. The van der Waals surface area contributed by atoms with Gasteiger partial charge >= 0.3 is 0 Å². The van der Waals surface area contributed by atoms with E-state index in [1.54, 1.807) is 0 Å². The lowest BCUT2D eigenvalue weighted by atomic mass is 10.0. The van der Waals surface area contributed by atoms with Crippen LogP contribution in [0.3, 0.4) is 0 Å². The average molecular weight is 305 g/mol. The molecule has 0 aromatic carbocycles. The van der Waals surface area contributed by atoms with Gasteiger partial charge in [0.25, 0.3) is 0 Å². The second-order valence-corrected chi connectivity index (χ2v) is 6.67. The van der Waals surface area contributed by atoms with Crippen molar-refractivity contribution in [2.75, 3.05) is 0 Å². The topological polar surface area (TPSA) is 3.88 Å². The van der Waals surface area contributed by atoms with Gasteiger partial charge in [-0.15, -0.1) is 0 Å². The van der Waals surface area contributed by atoms with Crippen molar-refractivity contribution in [3.8, 4) is 0 Å². The van der Waals surface area contributed by atoms with Crippen molar-refractivity contribution >= 4 is 0 Å². The third-order valence-corrected chi connectivity index (χ3v) is 4.57. The van der Waals surface area contributed by atoms with Crippen LogP contribution in [0.4, 0.5) is 0 Å². The number of hydrogen-bond acceptors (Lipinski definition) is 0. The molecule has 0 aliphatic heterocycles. The van der Waals surface area contributed by atoms with Crippen LogP contribution < -0.4 is 4.57 Å². The summed E-state index contributed by atoms with van der Waals surface area (Å²) in [4.78, 5) is 0. The van der Waals surface area contributed by atoms with E-state index in [1.165, 1.54) is 95.7 Å². The normalized spacial score (nSPS) is 11.0. The second-order valence-electron chi connectivity index (χ2n) is 6.67. The molecule has 0 aliphatic rings. The first-order valence-corrected chi connectivity index (χ1v) is 9.85. The van der Waals surface area contributed by atoms with E-state index in [0.717, 1.165) is 0 Å². The average Bonchev–Trinajstić information content (AvgIpc) is 2.55. The molecule has 1 nitrogen and oxygen atoms in total. The predicted molar refractivity (Wildman–Crippen MR) is 97.1 cm³/mol. The largest absolute Gasteiger partial charge is 0.202 e. The molecule has 0 N–H and O–H groups in total. The fourth-order valence-corrected chi connectivity index (χ4v) is 3.08. The molecule has 0 amide bonds. The molecule has 0 aliphatic carbocycles. The van der Waals surface area contributed by atoms with Gasteiger partial charge in [-0.05, 0) is 6.42 Å². The van der Waals surface area contributed by atoms with Crippen molar-refractivity contribution in [3.05, 3.63) is 30.1 Å². The Morgan fingerprint density at radius 3 is 1.91 bits per heavy atom. The molecule has 1 heterocycles. The van der Waals surface area contributed by atoms with Crippen molar-refractivity contribution in [1.82, 2.24) is 0 Å². The summed E-state index contributed by atoms with van der Waals surface area (Å²) in [6.45, 7) is 5.74. The molecular formula is C21H38N+. The highest BCUT2D eigenvalue weighted by molar-refractivity contribution is 4.97. The molecule has 1 rings (SSSR count). The minimum absolute atomic E-state index is 1.18. The standard InChI is InChI=1S/C21H38N/c1-3-5-7-8-9-10-11-12-13-14-17-21-18-15-16-20-22(21)19-6-4-2/h15-16,18,20H,3-14,17,19H2,1-2H3/q+1. The van der Waals surface area contributed by atoms with Crippen LogP contribution in [-0.4, -0.2) is 0 Å². The van der Waals surface area contributed by atoms with Crippen LogP contribution in [0.2, 0.25) is 0 Å². The van der Waals surface area contributed by atoms with Crippen molar-refractivity contribution in [3.63, 3.8) is 0 Å². The van der Waals surface area contributed by atoms with E-state index in [4.69, 9.17) is 0 Å². The molecular weight excluding hydrogens is 266 g/mol. The summed E-state index contributed by atoms with van der Waals surface area (Å²) in [5.41, 5.74) is 1.52. The van der Waals surface area contributed by atoms with Crippen LogP contribution in [-0.2, 0) is 13.0 Å². The highest BCUT2D eigenvalue weighted by Gasteiger charge is 2.08. The molecule has 0 unspecified atom stereocenters. The number of aryl methyl sites for hydroxylation is 2. The summed E-state index contributed by atoms with van der Waals surface area (Å²) in [5, 5.41) is 0. The van der Waals surface area contributed by atoms with Crippen LogP contribution >= 0.6 is 0 Å². The van der Waals surface area contributed by atoms with E-state index in [1.807, 2.05) is 0 Å². The van der Waals surface area contributed by atoms with E-state index in [2.05, 4.69) is 42.8 Å². The maximum Gasteiger partial charge on any atom is 0.181 e. The van der Waals surface area contributed by atoms with Crippen LogP contribution in [0, 0.1) is 0 Å². The van der Waals surface area contributed by atoms with Gasteiger partial charge in [-0.2, -0.15) is 0 Å². The van der Waals surface area contributed by atoms with Gasteiger partial charge in [0, 0.05) is 25.0 Å². The molecule has 0 atom stereocenters. The molecule has 1 aromatic rings. The summed E-state index contributed by atoms with van der Waals surface area (Å²) < 4.78 is 2.46. The van der Waals surface area contributed by atoms with Gasteiger partial charge < -0.3 is 0 Å². The van der Waals surface area contributed by atoms with Gasteiger partial charge in [-0.3, -0.25) is 0 Å². The number of rotatable bonds is 14. The molecule has 0 radical (unpaired) electrons. The Morgan fingerprint density at radius 2 is 1.27 bits per heavy atom. The Kier molecular flexibility index (Phi) is 12.0. The predicted octanol–water partition coefficient (Wildman–Crippen LogP) is 6.24. The van der Waals surface area contributed by atoms with Crippen LogP contribution in [0.5, 0.6) is 0 Å². The lowest BCUT2D eigenvalue weighted by Crippen LogP contribution is -2.37. The summed E-state index contributed by atoms with van der Waals surface area (Å²) >= 11 is 0. The first-order chi connectivity index (χ1) is 10.9. The van der Waals surface area contributed by atoms with Gasteiger partial charge in [0.05, 0.1) is 0 Å². The maximum absolute atomic E-state index is 2.46. The zero-order chi connectivity index (χ0) is 15.9. The van der Waals surface area contributed by atoms with Crippen LogP contribution in [0.1, 0.15) is 96.6 Å². The zero-order valence-corrected chi connectivity index (χ0v) is 15.2. The summed E-state index contributed by atoms with van der Waals surface area (Å²) in [6, 6.07) is 6.66. The van der Waals surface area contributed by atoms with E-state index < -0.39 is 0 Å². The van der Waals surface area contributed by atoms with Crippen LogP contribution in [0.25, 0.3) is 0 Å². The second kappa shape index (κ2) is 13.8. The SMILES string of the molecule is CCCCCCCCCCCCc1cccc[n+]1CCCC. The zero-order valence-electron chi connectivity index (χ0n) is 15.2. The summed E-state index contributed by atoms with van der Waals surface area (Å²) in [6.07, 6.45) is 20.3. The molecule has 126 valence electrons. The van der Waals surface area contributed by atoms with E-state index >= 15 is 0 Å². The molecule has 0 saturated carbocycles. The van der Waals surface area contributed by atoms with E-state index in [0.29, 0.717) is 0 Å². The number of pyridine rings is 1. The van der Waals surface area contributed by atoms with Crippen molar-refractivity contribution < 1.29 is 4.57 Å². The fourth-order valence-electron chi connectivity index (χ4n) is 3.08. The molecule has 0 spiro atoms. The van der Waals surface area contributed by atoms with Crippen molar-refractivity contribution in [1.29, 1.82) is 0 Å². The summed E-state index contributed by atoms with van der Waals surface area (Å²) in [7, 11) is 0. The van der Waals surface area contributed by atoms with Crippen molar-refractivity contribution in [2.45, 2.75) is 104 Å². The number of hydrogen-bond donors (Lipinski definition) is 0. The number of aromatic nitrogens is 1. The van der Waals surface area contributed by atoms with E-state index in [9.17, 15) is 0 Å². The maximum atomic E-state index is 2.46. The Bertz CT molecular complexity index is 359. The van der Waals surface area contributed by atoms with Gasteiger partial charge in [0.1, 0.15) is 6.54 Å². The van der Waals surface area contributed by atoms with E-state index in [-0.39, 0.29) is 0 Å². The Morgan fingerprint density at radius 1 is 0.682 bits per heavy atom. The fraction of sp³-hybridized carbons (Fsp3) is 0.762. The lowest BCUT2D eigenvalue weighted by molar-refractivity contribution is -0.704.